The van der Waals surface area contributed by atoms with Crippen LogP contribution in [0.2, 0.25) is 0 Å². The molecule has 0 aliphatic heterocycles. The first-order chi connectivity index (χ1) is 11.6. The zero-order chi connectivity index (χ0) is 16.9. The van der Waals surface area contributed by atoms with Gasteiger partial charge in [0.15, 0.2) is 0 Å². The minimum Gasteiger partial charge on any atom is -0.497 e. The standard InChI is InChI=1S/C19H19N3O2/c1-14-5-3-7-16(9-14)19(23)21-17-11-20-22(13-17)12-15-6-4-8-18(10-15)24-2/h3-11,13H,12H2,1-2H3,(H,21,23). The average molecular weight is 321 g/mol. The van der Waals surface area contributed by atoms with Gasteiger partial charge in [-0.1, -0.05) is 29.8 Å². The number of carbonyl (C=O) groups excluding carboxylic acids is 1. The number of aromatic nitrogens is 2. The van der Waals surface area contributed by atoms with E-state index in [4.69, 9.17) is 4.74 Å². The molecule has 5 heteroatoms. The molecule has 1 aromatic heterocycles. The molecular weight excluding hydrogens is 302 g/mol. The topological polar surface area (TPSA) is 56.1 Å². The summed E-state index contributed by atoms with van der Waals surface area (Å²) in [6.45, 7) is 2.57. The van der Waals surface area contributed by atoms with Gasteiger partial charge in [0.1, 0.15) is 5.75 Å². The monoisotopic (exact) mass is 321 g/mol. The Kier molecular flexibility index (Phi) is 4.61. The molecule has 1 amide bonds. The lowest BCUT2D eigenvalue weighted by Crippen LogP contribution is -2.11. The Balaban J connectivity index is 1.68. The van der Waals surface area contributed by atoms with Crippen LogP contribution in [0.25, 0.3) is 0 Å². The summed E-state index contributed by atoms with van der Waals surface area (Å²) in [6.07, 6.45) is 3.46. The molecule has 3 aromatic rings. The Labute approximate surface area is 140 Å². The van der Waals surface area contributed by atoms with Crippen LogP contribution in [0.4, 0.5) is 5.69 Å². The fourth-order valence-electron chi connectivity index (χ4n) is 2.46. The van der Waals surface area contributed by atoms with Crippen LogP contribution in [0.1, 0.15) is 21.5 Å². The van der Waals surface area contributed by atoms with Crippen LogP contribution in [0.3, 0.4) is 0 Å². The molecule has 24 heavy (non-hydrogen) atoms. The number of benzene rings is 2. The zero-order valence-electron chi connectivity index (χ0n) is 13.7. The second kappa shape index (κ2) is 7.00. The maximum absolute atomic E-state index is 12.3. The minimum absolute atomic E-state index is 0.139. The number of anilines is 1. The van der Waals surface area contributed by atoms with E-state index in [9.17, 15) is 4.79 Å². The number of ether oxygens (including phenoxy) is 1. The number of aryl methyl sites for hydroxylation is 1. The molecule has 0 saturated heterocycles. The molecular formula is C19H19N3O2. The van der Waals surface area contributed by atoms with Gasteiger partial charge in [-0.15, -0.1) is 0 Å². The molecule has 0 aliphatic rings. The first-order valence-electron chi connectivity index (χ1n) is 7.67. The third-order valence-electron chi connectivity index (χ3n) is 3.65. The van der Waals surface area contributed by atoms with E-state index >= 15 is 0 Å². The second-order valence-corrected chi connectivity index (χ2v) is 5.60. The first-order valence-corrected chi connectivity index (χ1v) is 7.67. The number of nitrogens with zero attached hydrogens (tertiary/aromatic N) is 2. The number of amides is 1. The highest BCUT2D eigenvalue weighted by Crippen LogP contribution is 2.15. The molecule has 0 radical (unpaired) electrons. The summed E-state index contributed by atoms with van der Waals surface area (Å²) in [5, 5.41) is 7.16. The van der Waals surface area contributed by atoms with Crippen molar-refractivity contribution in [2.75, 3.05) is 12.4 Å². The van der Waals surface area contributed by atoms with Crippen LogP contribution in [0, 0.1) is 6.92 Å². The fraction of sp³-hybridized carbons (Fsp3) is 0.158. The maximum Gasteiger partial charge on any atom is 0.255 e. The van der Waals surface area contributed by atoms with Gasteiger partial charge in [0.25, 0.3) is 5.91 Å². The summed E-state index contributed by atoms with van der Waals surface area (Å²) in [7, 11) is 1.64. The Hall–Kier alpha value is -3.08. The van der Waals surface area contributed by atoms with E-state index in [0.29, 0.717) is 17.8 Å². The van der Waals surface area contributed by atoms with Crippen molar-refractivity contribution in [3.63, 3.8) is 0 Å². The molecule has 0 bridgehead atoms. The Morgan fingerprint density at radius 3 is 2.83 bits per heavy atom. The van der Waals surface area contributed by atoms with Crippen molar-refractivity contribution in [1.82, 2.24) is 9.78 Å². The predicted molar refractivity (Wildman–Crippen MR) is 93.5 cm³/mol. The summed E-state index contributed by atoms with van der Waals surface area (Å²) in [5.41, 5.74) is 3.44. The second-order valence-electron chi connectivity index (χ2n) is 5.60. The van der Waals surface area contributed by atoms with Crippen molar-refractivity contribution in [3.8, 4) is 5.75 Å². The van der Waals surface area contributed by atoms with Gasteiger partial charge < -0.3 is 10.1 Å². The smallest absolute Gasteiger partial charge is 0.255 e. The van der Waals surface area contributed by atoms with Gasteiger partial charge in [-0.2, -0.15) is 5.10 Å². The number of hydrogen-bond acceptors (Lipinski definition) is 3. The first kappa shape index (κ1) is 15.8. The predicted octanol–water partition coefficient (Wildman–Crippen LogP) is 3.50. The molecule has 122 valence electrons. The molecule has 1 N–H and O–H groups in total. The molecule has 0 spiro atoms. The van der Waals surface area contributed by atoms with E-state index in [-0.39, 0.29) is 5.91 Å². The van der Waals surface area contributed by atoms with Crippen LogP contribution in [0.15, 0.2) is 60.9 Å². The van der Waals surface area contributed by atoms with Crippen molar-refractivity contribution in [2.45, 2.75) is 13.5 Å². The highest BCUT2D eigenvalue weighted by atomic mass is 16.5. The number of methoxy groups -OCH3 is 1. The molecule has 0 unspecified atom stereocenters. The van der Waals surface area contributed by atoms with Crippen molar-refractivity contribution in [2.24, 2.45) is 0 Å². The third-order valence-corrected chi connectivity index (χ3v) is 3.65. The number of rotatable bonds is 5. The van der Waals surface area contributed by atoms with Crippen molar-refractivity contribution in [3.05, 3.63) is 77.6 Å². The molecule has 0 aliphatic carbocycles. The number of carbonyl (C=O) groups is 1. The van der Waals surface area contributed by atoms with Crippen molar-refractivity contribution < 1.29 is 9.53 Å². The third kappa shape index (κ3) is 3.81. The Morgan fingerprint density at radius 1 is 1.21 bits per heavy atom. The van der Waals surface area contributed by atoms with Crippen LogP contribution in [-0.2, 0) is 6.54 Å². The van der Waals surface area contributed by atoms with Gasteiger partial charge in [-0.25, -0.2) is 0 Å². The van der Waals surface area contributed by atoms with Gasteiger partial charge >= 0.3 is 0 Å². The minimum atomic E-state index is -0.139. The summed E-state index contributed by atoms with van der Waals surface area (Å²) in [5.74, 6) is 0.673. The van der Waals surface area contributed by atoms with E-state index in [1.165, 1.54) is 0 Å². The normalized spacial score (nSPS) is 10.4. The lowest BCUT2D eigenvalue weighted by atomic mass is 10.1. The van der Waals surface area contributed by atoms with Crippen molar-refractivity contribution >= 4 is 11.6 Å². The fourth-order valence-corrected chi connectivity index (χ4v) is 2.46. The molecule has 0 atom stereocenters. The van der Waals surface area contributed by atoms with Gasteiger partial charge in [0.05, 0.1) is 25.5 Å². The molecule has 0 fully saturated rings. The van der Waals surface area contributed by atoms with Gasteiger partial charge in [0, 0.05) is 11.8 Å². The SMILES string of the molecule is COc1cccc(Cn2cc(NC(=O)c3cccc(C)c3)cn2)c1. The highest BCUT2D eigenvalue weighted by Gasteiger charge is 2.08. The van der Waals surface area contributed by atoms with Gasteiger partial charge in [-0.05, 0) is 36.8 Å². The molecule has 3 rings (SSSR count). The maximum atomic E-state index is 12.3. The quantitative estimate of drug-likeness (QED) is 0.782. The number of hydrogen-bond donors (Lipinski definition) is 1. The molecule has 1 heterocycles. The van der Waals surface area contributed by atoms with E-state index in [0.717, 1.165) is 16.9 Å². The Bertz CT molecular complexity index is 855. The Morgan fingerprint density at radius 2 is 2.04 bits per heavy atom. The van der Waals surface area contributed by atoms with E-state index in [1.54, 1.807) is 24.1 Å². The summed E-state index contributed by atoms with van der Waals surface area (Å²) >= 11 is 0. The number of nitrogens with one attached hydrogen (secondary N) is 1. The average Bonchev–Trinajstić information content (AvgIpc) is 3.02. The van der Waals surface area contributed by atoms with E-state index in [2.05, 4.69) is 10.4 Å². The lowest BCUT2D eigenvalue weighted by Gasteiger charge is -2.05. The van der Waals surface area contributed by atoms with Crippen LogP contribution >= 0.6 is 0 Å². The molecule has 0 saturated carbocycles. The summed E-state index contributed by atoms with van der Waals surface area (Å²) in [4.78, 5) is 12.3. The summed E-state index contributed by atoms with van der Waals surface area (Å²) < 4.78 is 7.00. The van der Waals surface area contributed by atoms with Crippen molar-refractivity contribution in [1.29, 1.82) is 0 Å². The molecule has 5 nitrogen and oxygen atoms in total. The largest absolute Gasteiger partial charge is 0.497 e. The highest BCUT2D eigenvalue weighted by molar-refractivity contribution is 6.04. The lowest BCUT2D eigenvalue weighted by molar-refractivity contribution is 0.102. The molecule has 2 aromatic carbocycles. The van der Waals surface area contributed by atoms with Crippen LogP contribution < -0.4 is 10.1 Å². The van der Waals surface area contributed by atoms with Gasteiger partial charge in [0.2, 0.25) is 0 Å². The van der Waals surface area contributed by atoms with Crippen LogP contribution in [-0.4, -0.2) is 22.8 Å². The van der Waals surface area contributed by atoms with Crippen LogP contribution in [0.5, 0.6) is 5.75 Å². The zero-order valence-corrected chi connectivity index (χ0v) is 13.7. The van der Waals surface area contributed by atoms with E-state index in [1.807, 2.05) is 55.6 Å². The van der Waals surface area contributed by atoms with Gasteiger partial charge in [-0.3, -0.25) is 9.48 Å². The van der Waals surface area contributed by atoms with E-state index < -0.39 is 0 Å². The summed E-state index contributed by atoms with van der Waals surface area (Å²) in [6, 6.07) is 15.3.